The van der Waals surface area contributed by atoms with Crippen molar-refractivity contribution in [2.75, 3.05) is 0 Å². The Morgan fingerprint density at radius 1 is 1.29 bits per heavy atom. The first-order valence-corrected chi connectivity index (χ1v) is 8.16. The van der Waals surface area contributed by atoms with Crippen molar-refractivity contribution in [2.24, 2.45) is 5.10 Å². The first kappa shape index (κ1) is 15.2. The lowest BCUT2D eigenvalue weighted by atomic mass is 10.2. The van der Waals surface area contributed by atoms with E-state index in [0.717, 1.165) is 30.5 Å². The largest absolute Gasteiger partial charge is 0.282 e. The van der Waals surface area contributed by atoms with Crippen molar-refractivity contribution in [3.05, 3.63) is 50.6 Å². The number of aromatic amines is 2. The van der Waals surface area contributed by atoms with Crippen molar-refractivity contribution in [1.82, 2.24) is 25.1 Å². The second-order valence-corrected chi connectivity index (χ2v) is 6.22. The number of rotatable bonds is 3. The first-order valence-electron chi connectivity index (χ1n) is 7.37. The second-order valence-electron chi connectivity index (χ2n) is 5.43. The van der Waals surface area contributed by atoms with E-state index < -0.39 is 5.82 Å². The molecule has 4 rings (SSSR count). The van der Waals surface area contributed by atoms with Gasteiger partial charge in [-0.1, -0.05) is 17.7 Å². The molecule has 3 aromatic rings. The number of nitrogens with zero attached hydrogens (tertiary/aromatic N) is 4. The Balaban J connectivity index is 1.78. The standard InChI is InChI=1S/C15H12ClFN6S/c16-10-4-2-5-11(17)9(10)7-18-23-14(21-22-15(23)24)13-8-3-1-6-12(8)19-20-13/h2,4-5,7H,1,3,6H2,(H,19,20)(H,22,24)/b18-7+. The van der Waals surface area contributed by atoms with Crippen LogP contribution in [0.2, 0.25) is 5.02 Å². The smallest absolute Gasteiger partial charge is 0.216 e. The van der Waals surface area contributed by atoms with Crippen LogP contribution >= 0.6 is 23.8 Å². The maximum atomic E-state index is 13.9. The molecule has 2 heterocycles. The highest BCUT2D eigenvalue weighted by atomic mass is 35.5. The molecule has 1 aliphatic carbocycles. The van der Waals surface area contributed by atoms with E-state index in [0.29, 0.717) is 16.3 Å². The summed E-state index contributed by atoms with van der Waals surface area (Å²) in [6.45, 7) is 0. The zero-order valence-electron chi connectivity index (χ0n) is 12.4. The summed E-state index contributed by atoms with van der Waals surface area (Å²) in [5.74, 6) is 0.0339. The molecule has 2 N–H and O–H groups in total. The van der Waals surface area contributed by atoms with Gasteiger partial charge in [0.15, 0.2) is 0 Å². The summed E-state index contributed by atoms with van der Waals surface area (Å²) in [5, 5.41) is 18.8. The van der Waals surface area contributed by atoms with E-state index in [-0.39, 0.29) is 10.6 Å². The quantitative estimate of drug-likeness (QED) is 0.553. The average molecular weight is 363 g/mol. The Bertz CT molecular complexity index is 982. The van der Waals surface area contributed by atoms with Gasteiger partial charge in [-0.3, -0.25) is 5.10 Å². The molecule has 0 saturated heterocycles. The van der Waals surface area contributed by atoms with Gasteiger partial charge >= 0.3 is 0 Å². The second kappa shape index (κ2) is 5.95. The molecule has 122 valence electrons. The third-order valence-electron chi connectivity index (χ3n) is 3.97. The summed E-state index contributed by atoms with van der Waals surface area (Å²) in [4.78, 5) is 0. The van der Waals surface area contributed by atoms with Gasteiger partial charge in [0.1, 0.15) is 11.5 Å². The highest BCUT2D eigenvalue weighted by molar-refractivity contribution is 7.71. The lowest BCUT2D eigenvalue weighted by Crippen LogP contribution is -1.98. The lowest BCUT2D eigenvalue weighted by Gasteiger charge is -2.01. The average Bonchev–Trinajstić information content (AvgIpc) is 3.23. The molecule has 0 spiro atoms. The number of halogens is 2. The minimum absolute atomic E-state index is 0.195. The first-order chi connectivity index (χ1) is 11.6. The Morgan fingerprint density at radius 2 is 2.17 bits per heavy atom. The molecule has 6 nitrogen and oxygen atoms in total. The van der Waals surface area contributed by atoms with Crippen molar-refractivity contribution < 1.29 is 4.39 Å². The number of aryl methyl sites for hydroxylation is 1. The van der Waals surface area contributed by atoms with Crippen LogP contribution in [0.3, 0.4) is 0 Å². The third kappa shape index (κ3) is 2.47. The van der Waals surface area contributed by atoms with Crippen LogP contribution in [0.1, 0.15) is 23.2 Å². The maximum absolute atomic E-state index is 13.9. The zero-order valence-corrected chi connectivity index (χ0v) is 14.0. The summed E-state index contributed by atoms with van der Waals surface area (Å²) in [7, 11) is 0. The van der Waals surface area contributed by atoms with Gasteiger partial charge in [0, 0.05) is 16.8 Å². The van der Waals surface area contributed by atoms with E-state index in [9.17, 15) is 4.39 Å². The van der Waals surface area contributed by atoms with Crippen LogP contribution in [-0.2, 0) is 12.8 Å². The molecule has 0 aliphatic heterocycles. The van der Waals surface area contributed by atoms with Gasteiger partial charge in [-0.25, -0.2) is 9.49 Å². The predicted octanol–water partition coefficient (Wildman–Crippen LogP) is 3.49. The van der Waals surface area contributed by atoms with E-state index >= 15 is 0 Å². The van der Waals surface area contributed by atoms with E-state index in [1.54, 1.807) is 6.07 Å². The van der Waals surface area contributed by atoms with Gasteiger partial charge in [-0.15, -0.1) is 0 Å². The normalized spacial score (nSPS) is 13.8. The number of benzene rings is 1. The molecule has 0 fully saturated rings. The maximum Gasteiger partial charge on any atom is 0.216 e. The molecule has 0 saturated carbocycles. The summed E-state index contributed by atoms with van der Waals surface area (Å²) in [6.07, 6.45) is 4.32. The highest BCUT2D eigenvalue weighted by Crippen LogP contribution is 2.29. The van der Waals surface area contributed by atoms with Crippen LogP contribution in [-0.4, -0.2) is 31.3 Å². The van der Waals surface area contributed by atoms with Crippen molar-refractivity contribution in [2.45, 2.75) is 19.3 Å². The van der Waals surface area contributed by atoms with Gasteiger partial charge in [-0.2, -0.15) is 20.0 Å². The summed E-state index contributed by atoms with van der Waals surface area (Å²) < 4.78 is 15.6. The monoisotopic (exact) mass is 362 g/mol. The number of nitrogens with one attached hydrogen (secondary N) is 2. The van der Waals surface area contributed by atoms with Crippen LogP contribution in [0.25, 0.3) is 11.5 Å². The van der Waals surface area contributed by atoms with Crippen molar-refractivity contribution in [1.29, 1.82) is 0 Å². The number of fused-ring (bicyclic) bond motifs is 1. The topological polar surface area (TPSA) is 74.7 Å². The molecular formula is C15H12ClFN6S. The Kier molecular flexibility index (Phi) is 3.78. The molecule has 0 bridgehead atoms. The molecule has 0 unspecified atom stereocenters. The molecule has 0 atom stereocenters. The summed E-state index contributed by atoms with van der Waals surface area (Å²) >= 11 is 11.2. The van der Waals surface area contributed by atoms with E-state index in [1.165, 1.54) is 23.0 Å². The van der Waals surface area contributed by atoms with Crippen molar-refractivity contribution in [3.8, 4) is 11.5 Å². The lowest BCUT2D eigenvalue weighted by molar-refractivity contribution is 0.625. The Labute approximate surface area is 146 Å². The SMILES string of the molecule is Fc1cccc(Cl)c1/C=N/n1c(-c2n[nH]c3c2CCC3)n[nH]c1=S. The minimum Gasteiger partial charge on any atom is -0.282 e. The molecule has 0 amide bonds. The van der Waals surface area contributed by atoms with Gasteiger partial charge in [0.25, 0.3) is 0 Å². The van der Waals surface area contributed by atoms with Crippen molar-refractivity contribution in [3.63, 3.8) is 0 Å². The molecule has 1 aliphatic rings. The fourth-order valence-electron chi connectivity index (χ4n) is 2.81. The zero-order chi connectivity index (χ0) is 16.7. The molecule has 0 radical (unpaired) electrons. The minimum atomic E-state index is -0.455. The molecule has 24 heavy (non-hydrogen) atoms. The number of hydrogen-bond donors (Lipinski definition) is 2. The van der Waals surface area contributed by atoms with Crippen molar-refractivity contribution >= 4 is 30.0 Å². The molecule has 2 aromatic heterocycles. The molecule has 1 aromatic carbocycles. The number of H-pyrrole nitrogens is 2. The summed E-state index contributed by atoms with van der Waals surface area (Å²) in [5.41, 5.74) is 3.16. The molecule has 9 heteroatoms. The fraction of sp³-hybridized carbons (Fsp3) is 0.200. The van der Waals surface area contributed by atoms with Gasteiger partial charge in [-0.05, 0) is 43.6 Å². The van der Waals surface area contributed by atoms with Crippen LogP contribution in [0.4, 0.5) is 4.39 Å². The Morgan fingerprint density at radius 3 is 3.00 bits per heavy atom. The van der Waals surface area contributed by atoms with Crippen LogP contribution in [0.5, 0.6) is 0 Å². The fourth-order valence-corrected chi connectivity index (χ4v) is 3.20. The van der Waals surface area contributed by atoms with Crippen LogP contribution in [0, 0.1) is 10.6 Å². The summed E-state index contributed by atoms with van der Waals surface area (Å²) in [6, 6.07) is 4.46. The Hall–Kier alpha value is -2.32. The van der Waals surface area contributed by atoms with E-state index in [1.807, 2.05) is 0 Å². The van der Waals surface area contributed by atoms with E-state index in [4.69, 9.17) is 23.8 Å². The van der Waals surface area contributed by atoms with Gasteiger partial charge in [0.05, 0.1) is 11.2 Å². The molecular weight excluding hydrogens is 351 g/mol. The predicted molar refractivity (Wildman–Crippen MR) is 91.4 cm³/mol. The van der Waals surface area contributed by atoms with Gasteiger partial charge < -0.3 is 0 Å². The van der Waals surface area contributed by atoms with E-state index in [2.05, 4.69) is 25.5 Å². The number of hydrogen-bond acceptors (Lipinski definition) is 4. The van der Waals surface area contributed by atoms with Gasteiger partial charge in [0.2, 0.25) is 10.6 Å². The third-order valence-corrected chi connectivity index (χ3v) is 4.56. The number of aromatic nitrogens is 5. The van der Waals surface area contributed by atoms with Crippen LogP contribution < -0.4 is 0 Å². The highest BCUT2D eigenvalue weighted by Gasteiger charge is 2.23. The van der Waals surface area contributed by atoms with Crippen LogP contribution in [0.15, 0.2) is 23.3 Å².